The van der Waals surface area contributed by atoms with E-state index in [0.29, 0.717) is 23.0 Å². The van der Waals surface area contributed by atoms with E-state index in [2.05, 4.69) is 5.32 Å². The molecule has 2 unspecified atom stereocenters. The van der Waals surface area contributed by atoms with Crippen molar-refractivity contribution in [3.8, 4) is 5.75 Å². The summed E-state index contributed by atoms with van der Waals surface area (Å²) in [5, 5.41) is 12.8. The number of amides is 1. The number of carbonyl (C=O) groups excluding carboxylic acids is 1. The Bertz CT molecular complexity index is 465. The van der Waals surface area contributed by atoms with Crippen LogP contribution in [0, 0.1) is 5.92 Å². The maximum absolute atomic E-state index is 12.2. The van der Waals surface area contributed by atoms with E-state index in [1.54, 1.807) is 0 Å². The first-order chi connectivity index (χ1) is 9.11. The fourth-order valence-corrected chi connectivity index (χ4v) is 2.82. The van der Waals surface area contributed by atoms with E-state index in [-0.39, 0.29) is 17.7 Å². The zero-order valence-corrected chi connectivity index (χ0v) is 11.5. The van der Waals surface area contributed by atoms with Crippen LogP contribution < -0.4 is 11.1 Å². The highest BCUT2D eigenvalue weighted by atomic mass is 35.5. The summed E-state index contributed by atoms with van der Waals surface area (Å²) in [6.45, 7) is 0.582. The molecule has 0 heterocycles. The first-order valence-corrected chi connectivity index (χ1v) is 6.99. The van der Waals surface area contributed by atoms with Gasteiger partial charge in [-0.05, 0) is 43.5 Å². The smallest absolute Gasteiger partial charge is 0.253 e. The first kappa shape index (κ1) is 14.2. The van der Waals surface area contributed by atoms with E-state index >= 15 is 0 Å². The van der Waals surface area contributed by atoms with Crippen LogP contribution in [-0.4, -0.2) is 23.6 Å². The summed E-state index contributed by atoms with van der Waals surface area (Å²) in [7, 11) is 0. The summed E-state index contributed by atoms with van der Waals surface area (Å²) in [5.41, 5.74) is 6.05. The van der Waals surface area contributed by atoms with E-state index in [9.17, 15) is 9.90 Å². The van der Waals surface area contributed by atoms with Crippen molar-refractivity contribution in [3.05, 3.63) is 28.8 Å². The molecule has 0 radical (unpaired) electrons. The Morgan fingerprint density at radius 1 is 1.42 bits per heavy atom. The van der Waals surface area contributed by atoms with Gasteiger partial charge in [-0.3, -0.25) is 4.79 Å². The molecular formula is C14H19ClN2O2. The second kappa shape index (κ2) is 6.26. The molecule has 1 aromatic carbocycles. The van der Waals surface area contributed by atoms with Gasteiger partial charge < -0.3 is 16.2 Å². The summed E-state index contributed by atoms with van der Waals surface area (Å²) in [6.07, 6.45) is 4.27. The number of hydrogen-bond acceptors (Lipinski definition) is 3. The SMILES string of the molecule is NCC1CCCCC1NC(=O)c1cc(O)ccc1Cl. The van der Waals surface area contributed by atoms with Crippen LogP contribution in [0.1, 0.15) is 36.0 Å². The molecule has 1 aliphatic carbocycles. The molecule has 1 aliphatic rings. The third kappa shape index (κ3) is 3.39. The largest absolute Gasteiger partial charge is 0.508 e. The Hall–Kier alpha value is -1.26. The molecule has 5 heteroatoms. The Kier molecular flexibility index (Phi) is 4.66. The zero-order chi connectivity index (χ0) is 13.8. The molecule has 0 aliphatic heterocycles. The topological polar surface area (TPSA) is 75.3 Å². The third-order valence-corrected chi connectivity index (χ3v) is 4.05. The van der Waals surface area contributed by atoms with Gasteiger partial charge in [-0.1, -0.05) is 24.4 Å². The molecule has 0 saturated heterocycles. The van der Waals surface area contributed by atoms with E-state index < -0.39 is 0 Å². The second-order valence-electron chi connectivity index (χ2n) is 5.02. The van der Waals surface area contributed by atoms with Gasteiger partial charge in [-0.25, -0.2) is 0 Å². The molecule has 104 valence electrons. The number of nitrogens with one attached hydrogen (secondary N) is 1. The number of hydrogen-bond donors (Lipinski definition) is 3. The summed E-state index contributed by atoms with van der Waals surface area (Å²) in [4.78, 5) is 12.2. The van der Waals surface area contributed by atoms with Crippen molar-refractivity contribution in [2.45, 2.75) is 31.7 Å². The predicted molar refractivity (Wildman–Crippen MR) is 75.4 cm³/mol. The fraction of sp³-hybridized carbons (Fsp3) is 0.500. The van der Waals surface area contributed by atoms with Crippen LogP contribution in [0.15, 0.2) is 18.2 Å². The van der Waals surface area contributed by atoms with Gasteiger partial charge in [0.1, 0.15) is 5.75 Å². The van der Waals surface area contributed by atoms with Crippen LogP contribution >= 0.6 is 11.6 Å². The van der Waals surface area contributed by atoms with Gasteiger partial charge in [-0.15, -0.1) is 0 Å². The van der Waals surface area contributed by atoms with Gasteiger partial charge in [0.25, 0.3) is 5.91 Å². The van der Waals surface area contributed by atoms with Crippen LogP contribution in [0.2, 0.25) is 5.02 Å². The number of aromatic hydroxyl groups is 1. The molecule has 0 spiro atoms. The normalized spacial score (nSPS) is 23.1. The van der Waals surface area contributed by atoms with Gasteiger partial charge in [0.2, 0.25) is 0 Å². The van der Waals surface area contributed by atoms with Crippen LogP contribution in [-0.2, 0) is 0 Å². The molecule has 0 bridgehead atoms. The van der Waals surface area contributed by atoms with E-state index in [0.717, 1.165) is 19.3 Å². The average molecular weight is 283 g/mol. The van der Waals surface area contributed by atoms with Crippen molar-refractivity contribution in [3.63, 3.8) is 0 Å². The van der Waals surface area contributed by atoms with Crippen molar-refractivity contribution >= 4 is 17.5 Å². The van der Waals surface area contributed by atoms with E-state index in [1.165, 1.54) is 24.6 Å². The Morgan fingerprint density at radius 2 is 2.16 bits per heavy atom. The molecule has 1 fully saturated rings. The molecule has 4 N–H and O–H groups in total. The molecule has 0 aromatic heterocycles. The lowest BCUT2D eigenvalue weighted by Crippen LogP contribution is -2.44. The molecule has 2 rings (SSSR count). The van der Waals surface area contributed by atoms with E-state index in [1.807, 2.05) is 0 Å². The highest BCUT2D eigenvalue weighted by Gasteiger charge is 2.26. The standard InChI is InChI=1S/C14H19ClN2O2/c15-12-6-5-10(18)7-11(12)14(19)17-13-4-2-1-3-9(13)8-16/h5-7,9,13,18H,1-4,8,16H2,(H,17,19). The molecule has 4 nitrogen and oxygen atoms in total. The lowest BCUT2D eigenvalue weighted by Gasteiger charge is -2.31. The maximum Gasteiger partial charge on any atom is 0.253 e. The number of halogens is 1. The first-order valence-electron chi connectivity index (χ1n) is 6.61. The predicted octanol–water partition coefficient (Wildman–Crippen LogP) is 2.29. The minimum atomic E-state index is -0.244. The number of phenolic OH excluding ortho intramolecular Hbond substituents is 1. The van der Waals surface area contributed by atoms with Gasteiger partial charge >= 0.3 is 0 Å². The number of nitrogens with two attached hydrogens (primary N) is 1. The Morgan fingerprint density at radius 3 is 2.89 bits per heavy atom. The van der Waals surface area contributed by atoms with Crippen molar-refractivity contribution in [2.24, 2.45) is 11.7 Å². The quantitative estimate of drug-likeness (QED) is 0.796. The molecular weight excluding hydrogens is 264 g/mol. The molecule has 2 atom stereocenters. The minimum Gasteiger partial charge on any atom is -0.508 e. The highest BCUT2D eigenvalue weighted by Crippen LogP contribution is 2.25. The van der Waals surface area contributed by atoms with Gasteiger partial charge in [-0.2, -0.15) is 0 Å². The van der Waals surface area contributed by atoms with Crippen LogP contribution in [0.3, 0.4) is 0 Å². The zero-order valence-electron chi connectivity index (χ0n) is 10.7. The fourth-order valence-electron chi connectivity index (χ4n) is 2.61. The summed E-state index contributed by atoms with van der Waals surface area (Å²) in [6, 6.07) is 4.47. The number of phenols is 1. The minimum absolute atomic E-state index is 0.0357. The van der Waals surface area contributed by atoms with Crippen molar-refractivity contribution in [1.82, 2.24) is 5.32 Å². The van der Waals surface area contributed by atoms with Gasteiger partial charge in [0.15, 0.2) is 0 Å². The monoisotopic (exact) mass is 282 g/mol. The lowest BCUT2D eigenvalue weighted by molar-refractivity contribution is 0.0908. The van der Waals surface area contributed by atoms with Crippen molar-refractivity contribution in [1.29, 1.82) is 0 Å². The Labute approximate surface area is 117 Å². The number of carbonyl (C=O) groups is 1. The van der Waals surface area contributed by atoms with Gasteiger partial charge in [0.05, 0.1) is 10.6 Å². The highest BCUT2D eigenvalue weighted by molar-refractivity contribution is 6.33. The average Bonchev–Trinajstić information content (AvgIpc) is 2.42. The summed E-state index contributed by atoms with van der Waals surface area (Å²) in [5.74, 6) is 0.119. The van der Waals surface area contributed by atoms with Crippen LogP contribution in [0.5, 0.6) is 5.75 Å². The molecule has 1 aromatic rings. The van der Waals surface area contributed by atoms with Crippen molar-refractivity contribution in [2.75, 3.05) is 6.54 Å². The van der Waals surface area contributed by atoms with Crippen LogP contribution in [0.25, 0.3) is 0 Å². The summed E-state index contributed by atoms with van der Waals surface area (Å²) < 4.78 is 0. The second-order valence-corrected chi connectivity index (χ2v) is 5.43. The van der Waals surface area contributed by atoms with Crippen molar-refractivity contribution < 1.29 is 9.90 Å². The van der Waals surface area contributed by atoms with Crippen LogP contribution in [0.4, 0.5) is 0 Å². The number of rotatable bonds is 3. The summed E-state index contributed by atoms with van der Waals surface area (Å²) >= 11 is 5.98. The lowest BCUT2D eigenvalue weighted by atomic mass is 9.84. The molecule has 19 heavy (non-hydrogen) atoms. The van der Waals surface area contributed by atoms with Gasteiger partial charge in [0, 0.05) is 6.04 Å². The maximum atomic E-state index is 12.2. The molecule has 1 saturated carbocycles. The molecule has 1 amide bonds. The Balaban J connectivity index is 2.09. The number of benzene rings is 1. The third-order valence-electron chi connectivity index (χ3n) is 3.72. The van der Waals surface area contributed by atoms with E-state index in [4.69, 9.17) is 17.3 Å².